The lowest BCUT2D eigenvalue weighted by molar-refractivity contribution is -0.384. The third-order valence-electron chi connectivity index (χ3n) is 2.22. The van der Waals surface area contributed by atoms with Gasteiger partial charge in [0, 0.05) is 4.47 Å². The summed E-state index contributed by atoms with van der Waals surface area (Å²) in [5, 5.41) is 14.0. The van der Waals surface area contributed by atoms with E-state index in [2.05, 4.69) is 31.2 Å². The molecule has 0 fully saturated rings. The lowest BCUT2D eigenvalue weighted by atomic mass is 10.3. The predicted molar refractivity (Wildman–Crippen MR) is 81.1 cm³/mol. The summed E-state index contributed by atoms with van der Waals surface area (Å²) in [5.41, 5.74) is 0.0299. The fourth-order valence-electron chi connectivity index (χ4n) is 1.33. The molecule has 1 N–H and O–H groups in total. The third-order valence-corrected chi connectivity index (χ3v) is 4.18. The fourth-order valence-corrected chi connectivity index (χ4v) is 2.28. The Hall–Kier alpha value is -1.15. The highest BCUT2D eigenvalue weighted by Gasteiger charge is 2.19. The van der Waals surface area contributed by atoms with Gasteiger partial charge in [0.15, 0.2) is 0 Å². The summed E-state index contributed by atoms with van der Waals surface area (Å²) < 4.78 is 0.602. The number of nitro groups is 1. The van der Waals surface area contributed by atoms with E-state index in [1.54, 1.807) is 12.1 Å². The lowest BCUT2D eigenvalue weighted by Crippen LogP contribution is -2.01. The summed E-state index contributed by atoms with van der Waals surface area (Å²) in [6, 6.07) is 3.24. The molecule has 0 saturated heterocycles. The highest BCUT2D eigenvalue weighted by atomic mass is 79.9. The normalized spacial score (nSPS) is 10.4. The average molecular weight is 398 g/mol. The van der Waals surface area contributed by atoms with E-state index in [0.717, 1.165) is 6.20 Å². The van der Waals surface area contributed by atoms with Crippen molar-refractivity contribution < 1.29 is 4.92 Å². The van der Waals surface area contributed by atoms with E-state index in [4.69, 9.17) is 34.8 Å². The van der Waals surface area contributed by atoms with Crippen LogP contribution in [0.3, 0.4) is 0 Å². The van der Waals surface area contributed by atoms with Crippen LogP contribution in [0.15, 0.2) is 22.8 Å². The summed E-state index contributed by atoms with van der Waals surface area (Å²) in [5.74, 6) is -0.0738. The van der Waals surface area contributed by atoms with Gasteiger partial charge >= 0.3 is 5.69 Å². The maximum Gasteiger partial charge on any atom is 0.329 e. The van der Waals surface area contributed by atoms with Crippen molar-refractivity contribution in [1.82, 2.24) is 9.97 Å². The van der Waals surface area contributed by atoms with Crippen LogP contribution in [0.4, 0.5) is 17.2 Å². The number of nitrogens with one attached hydrogen (secondary N) is 1. The molecule has 10 heteroatoms. The second kappa shape index (κ2) is 6.09. The molecule has 0 atom stereocenters. The van der Waals surface area contributed by atoms with Crippen LogP contribution in [0.1, 0.15) is 0 Å². The third kappa shape index (κ3) is 3.12. The van der Waals surface area contributed by atoms with E-state index in [-0.39, 0.29) is 26.8 Å². The molecule has 2 rings (SSSR count). The first kappa shape index (κ1) is 15.2. The number of benzene rings is 1. The van der Waals surface area contributed by atoms with Gasteiger partial charge in [-0.15, -0.1) is 0 Å². The summed E-state index contributed by atoms with van der Waals surface area (Å²) in [7, 11) is 0. The smallest absolute Gasteiger partial charge is 0.329 e. The minimum atomic E-state index is -0.632. The van der Waals surface area contributed by atoms with Crippen molar-refractivity contribution in [3.8, 4) is 0 Å². The Morgan fingerprint density at radius 1 is 1.25 bits per heavy atom. The first-order valence-corrected chi connectivity index (χ1v) is 6.90. The Labute approximate surface area is 136 Å². The molecule has 0 radical (unpaired) electrons. The molecule has 6 nitrogen and oxygen atoms in total. The fraction of sp³-hybridized carbons (Fsp3) is 0. The van der Waals surface area contributed by atoms with E-state index < -0.39 is 4.92 Å². The number of hydrogen-bond donors (Lipinski definition) is 1. The van der Waals surface area contributed by atoms with Gasteiger partial charge in [-0.1, -0.05) is 23.2 Å². The minimum absolute atomic E-state index is 0.0738. The molecule has 0 amide bonds. The van der Waals surface area contributed by atoms with Gasteiger partial charge in [-0.3, -0.25) is 10.1 Å². The van der Waals surface area contributed by atoms with Crippen molar-refractivity contribution in [2.45, 2.75) is 0 Å². The Bertz CT molecular complexity index is 698. The van der Waals surface area contributed by atoms with Gasteiger partial charge in [0.25, 0.3) is 0 Å². The van der Waals surface area contributed by atoms with Crippen molar-refractivity contribution in [3.63, 3.8) is 0 Å². The molecule has 0 bridgehead atoms. The van der Waals surface area contributed by atoms with Gasteiger partial charge in [0.1, 0.15) is 6.20 Å². The SMILES string of the molecule is O=[N+]([O-])c1cnc(Cl)nc1Nc1ccc(Br)c(Cl)c1Cl. The molecule has 104 valence electrons. The van der Waals surface area contributed by atoms with Crippen LogP contribution in [0.25, 0.3) is 0 Å². The van der Waals surface area contributed by atoms with Crippen LogP contribution >= 0.6 is 50.7 Å². The van der Waals surface area contributed by atoms with Gasteiger partial charge in [-0.05, 0) is 39.7 Å². The zero-order valence-corrected chi connectivity index (χ0v) is 13.3. The first-order valence-electron chi connectivity index (χ1n) is 4.97. The molecule has 1 aromatic carbocycles. The number of aromatic nitrogens is 2. The van der Waals surface area contributed by atoms with Crippen LogP contribution in [0.2, 0.25) is 15.3 Å². The molecule has 0 aliphatic heterocycles. The molecule has 0 aliphatic rings. The number of anilines is 2. The second-order valence-corrected chi connectivity index (χ2v) is 5.43. The molecule has 1 heterocycles. The summed E-state index contributed by atoms with van der Waals surface area (Å²) >= 11 is 20.9. The standard InChI is InChI=1S/C10H4BrCl3N4O2/c11-4-1-2-5(8(13)7(4)12)16-9-6(18(19)20)3-15-10(14)17-9/h1-3H,(H,15,16,17). The summed E-state index contributed by atoms with van der Waals surface area (Å²) in [6.07, 6.45) is 1.01. The lowest BCUT2D eigenvalue weighted by Gasteiger charge is -2.09. The maximum atomic E-state index is 10.9. The topological polar surface area (TPSA) is 81.0 Å². The van der Waals surface area contributed by atoms with Gasteiger partial charge in [0.2, 0.25) is 11.1 Å². The highest BCUT2D eigenvalue weighted by Crippen LogP contribution is 2.38. The largest absolute Gasteiger partial charge is 0.333 e. The van der Waals surface area contributed by atoms with Crippen molar-refractivity contribution in [2.75, 3.05) is 5.32 Å². The van der Waals surface area contributed by atoms with Crippen molar-refractivity contribution in [3.05, 3.63) is 48.2 Å². The zero-order valence-electron chi connectivity index (χ0n) is 9.40. The monoisotopic (exact) mass is 396 g/mol. The van der Waals surface area contributed by atoms with Crippen LogP contribution in [-0.4, -0.2) is 14.9 Å². The first-order chi connectivity index (χ1) is 9.40. The molecule has 0 spiro atoms. The van der Waals surface area contributed by atoms with E-state index in [1.807, 2.05) is 0 Å². The van der Waals surface area contributed by atoms with E-state index in [1.165, 1.54) is 0 Å². The number of hydrogen-bond acceptors (Lipinski definition) is 5. The van der Waals surface area contributed by atoms with Gasteiger partial charge in [-0.25, -0.2) is 4.98 Å². The Morgan fingerprint density at radius 2 is 1.95 bits per heavy atom. The average Bonchev–Trinajstić information content (AvgIpc) is 2.39. The van der Waals surface area contributed by atoms with Crippen molar-refractivity contribution in [2.24, 2.45) is 0 Å². The van der Waals surface area contributed by atoms with Crippen LogP contribution < -0.4 is 5.32 Å². The molecule has 0 unspecified atom stereocenters. The molecule has 0 saturated carbocycles. The van der Waals surface area contributed by atoms with Gasteiger partial charge < -0.3 is 5.32 Å². The zero-order chi connectivity index (χ0) is 14.9. The molecule has 1 aromatic heterocycles. The van der Waals surface area contributed by atoms with Crippen LogP contribution in [-0.2, 0) is 0 Å². The Kier molecular flexibility index (Phi) is 4.64. The highest BCUT2D eigenvalue weighted by molar-refractivity contribution is 9.10. The molecular formula is C10H4BrCl3N4O2. The van der Waals surface area contributed by atoms with Crippen LogP contribution in [0.5, 0.6) is 0 Å². The summed E-state index contributed by atoms with van der Waals surface area (Å²) in [4.78, 5) is 17.6. The predicted octanol–water partition coefficient (Wildman–Crippen LogP) is 4.85. The van der Waals surface area contributed by atoms with Crippen molar-refractivity contribution >= 4 is 67.9 Å². The van der Waals surface area contributed by atoms with Gasteiger partial charge in [-0.2, -0.15) is 4.98 Å². The molecule has 20 heavy (non-hydrogen) atoms. The van der Waals surface area contributed by atoms with E-state index in [9.17, 15) is 10.1 Å². The Balaban J connectivity index is 2.47. The van der Waals surface area contributed by atoms with Crippen molar-refractivity contribution in [1.29, 1.82) is 0 Å². The number of halogens is 4. The Morgan fingerprint density at radius 3 is 2.60 bits per heavy atom. The molecule has 2 aromatic rings. The summed E-state index contributed by atoms with van der Waals surface area (Å²) in [6.45, 7) is 0. The molecule has 0 aliphatic carbocycles. The molecular weight excluding hydrogens is 394 g/mol. The number of nitrogens with zero attached hydrogens (tertiary/aromatic N) is 3. The minimum Gasteiger partial charge on any atom is -0.333 e. The van der Waals surface area contributed by atoms with Gasteiger partial charge in [0.05, 0.1) is 20.7 Å². The van der Waals surface area contributed by atoms with E-state index >= 15 is 0 Å². The van der Waals surface area contributed by atoms with Crippen LogP contribution in [0, 0.1) is 10.1 Å². The quantitative estimate of drug-likeness (QED) is 0.346. The van der Waals surface area contributed by atoms with E-state index in [0.29, 0.717) is 10.2 Å². The number of rotatable bonds is 3. The maximum absolute atomic E-state index is 10.9. The second-order valence-electron chi connectivity index (χ2n) is 3.48.